The highest BCUT2D eigenvalue weighted by Gasteiger charge is 2.03. The summed E-state index contributed by atoms with van der Waals surface area (Å²) in [4.78, 5) is 9.66. The summed E-state index contributed by atoms with van der Waals surface area (Å²) in [5, 5.41) is 3.40. The van der Waals surface area contributed by atoms with Crippen molar-refractivity contribution in [3.63, 3.8) is 0 Å². The summed E-state index contributed by atoms with van der Waals surface area (Å²) in [5.41, 5.74) is 2.60. The molecule has 0 fully saturated rings. The van der Waals surface area contributed by atoms with Gasteiger partial charge in [-0.05, 0) is 31.5 Å². The predicted octanol–water partition coefficient (Wildman–Crippen LogP) is 2.33. The lowest BCUT2D eigenvalue weighted by Crippen LogP contribution is -2.32. The van der Waals surface area contributed by atoms with Crippen LogP contribution >= 0.6 is 0 Å². The third-order valence-corrected chi connectivity index (χ3v) is 3.15. The molecule has 0 unspecified atom stereocenters. The molecule has 0 saturated heterocycles. The van der Waals surface area contributed by atoms with Crippen LogP contribution in [0.4, 0.5) is 5.69 Å². The van der Waals surface area contributed by atoms with Crippen molar-refractivity contribution >= 4 is 5.69 Å². The lowest BCUT2D eigenvalue weighted by molar-refractivity contribution is 0.648. The molecule has 0 saturated carbocycles. The van der Waals surface area contributed by atoms with Crippen molar-refractivity contribution in [2.75, 3.05) is 24.5 Å². The summed E-state index contributed by atoms with van der Waals surface area (Å²) in [6.07, 6.45) is 3.63. The average molecular weight is 258 g/mol. The van der Waals surface area contributed by atoms with Crippen LogP contribution in [0.5, 0.6) is 0 Å². The molecule has 0 bridgehead atoms. The number of imidazole rings is 1. The lowest BCUT2D eigenvalue weighted by atomic mass is 10.2. The molecule has 1 aromatic heterocycles. The maximum Gasteiger partial charge on any atom is 0.120 e. The molecule has 1 heterocycles. The second-order valence-corrected chi connectivity index (χ2v) is 4.63. The second kappa shape index (κ2) is 6.95. The van der Waals surface area contributed by atoms with Gasteiger partial charge in [-0.25, -0.2) is 4.98 Å². The van der Waals surface area contributed by atoms with E-state index >= 15 is 0 Å². The largest absolute Gasteiger partial charge is 0.371 e. The van der Waals surface area contributed by atoms with Crippen LogP contribution in [0.25, 0.3) is 0 Å². The standard InChI is InChI=1S/C15H22N4/c1-3-19(14-6-4-5-13(2)11-14)10-9-16-12-15-17-7-8-18-15/h4-8,11,16H,3,9-10,12H2,1-2H3,(H,17,18). The first-order chi connectivity index (χ1) is 9.29. The number of aromatic amines is 1. The summed E-state index contributed by atoms with van der Waals surface area (Å²) in [6, 6.07) is 8.65. The van der Waals surface area contributed by atoms with E-state index in [1.54, 1.807) is 6.20 Å². The van der Waals surface area contributed by atoms with Crippen LogP contribution in [0.15, 0.2) is 36.7 Å². The van der Waals surface area contributed by atoms with Crippen LogP contribution in [0.1, 0.15) is 18.3 Å². The zero-order valence-electron chi connectivity index (χ0n) is 11.7. The number of H-pyrrole nitrogens is 1. The van der Waals surface area contributed by atoms with Gasteiger partial charge in [0.2, 0.25) is 0 Å². The van der Waals surface area contributed by atoms with Gasteiger partial charge in [-0.2, -0.15) is 0 Å². The monoisotopic (exact) mass is 258 g/mol. The predicted molar refractivity (Wildman–Crippen MR) is 79.4 cm³/mol. The molecule has 2 aromatic rings. The Morgan fingerprint density at radius 2 is 2.26 bits per heavy atom. The molecular formula is C15H22N4. The van der Waals surface area contributed by atoms with Gasteiger partial charge in [-0.3, -0.25) is 0 Å². The first kappa shape index (κ1) is 13.6. The number of likely N-dealkylation sites (N-methyl/N-ethyl adjacent to an activating group) is 1. The van der Waals surface area contributed by atoms with E-state index in [9.17, 15) is 0 Å². The van der Waals surface area contributed by atoms with Crippen LogP contribution in [-0.2, 0) is 6.54 Å². The quantitative estimate of drug-likeness (QED) is 0.749. The first-order valence-electron chi connectivity index (χ1n) is 6.80. The van der Waals surface area contributed by atoms with E-state index in [2.05, 4.69) is 58.3 Å². The lowest BCUT2D eigenvalue weighted by Gasteiger charge is -2.23. The van der Waals surface area contributed by atoms with Crippen molar-refractivity contribution < 1.29 is 0 Å². The number of anilines is 1. The average Bonchev–Trinajstić information content (AvgIpc) is 2.92. The normalized spacial score (nSPS) is 10.6. The summed E-state index contributed by atoms with van der Waals surface area (Å²) >= 11 is 0. The molecule has 0 amide bonds. The van der Waals surface area contributed by atoms with E-state index in [1.807, 2.05) is 6.20 Å². The molecule has 19 heavy (non-hydrogen) atoms. The molecule has 4 heteroatoms. The van der Waals surface area contributed by atoms with Crippen LogP contribution < -0.4 is 10.2 Å². The molecule has 0 aliphatic heterocycles. The summed E-state index contributed by atoms with van der Waals surface area (Å²) in [7, 11) is 0. The molecule has 4 nitrogen and oxygen atoms in total. The van der Waals surface area contributed by atoms with Gasteiger partial charge in [-0.1, -0.05) is 12.1 Å². The number of aryl methyl sites for hydroxylation is 1. The number of benzene rings is 1. The van der Waals surface area contributed by atoms with Crippen molar-refractivity contribution in [3.8, 4) is 0 Å². The van der Waals surface area contributed by atoms with E-state index in [0.29, 0.717) is 0 Å². The van der Waals surface area contributed by atoms with Crippen molar-refractivity contribution in [1.82, 2.24) is 15.3 Å². The van der Waals surface area contributed by atoms with Crippen molar-refractivity contribution in [2.24, 2.45) is 0 Å². The van der Waals surface area contributed by atoms with Gasteiger partial charge in [0.15, 0.2) is 0 Å². The van der Waals surface area contributed by atoms with Crippen molar-refractivity contribution in [2.45, 2.75) is 20.4 Å². The van der Waals surface area contributed by atoms with Gasteiger partial charge in [0.1, 0.15) is 5.82 Å². The number of nitrogens with zero attached hydrogens (tertiary/aromatic N) is 2. The van der Waals surface area contributed by atoms with Crippen LogP contribution in [0.3, 0.4) is 0 Å². The Kier molecular flexibility index (Phi) is 4.98. The Bertz CT molecular complexity index is 479. The van der Waals surface area contributed by atoms with Crippen LogP contribution in [0, 0.1) is 6.92 Å². The Hall–Kier alpha value is -1.81. The summed E-state index contributed by atoms with van der Waals surface area (Å²) in [6.45, 7) is 8.08. The molecule has 1 aromatic carbocycles. The number of hydrogen-bond acceptors (Lipinski definition) is 3. The zero-order chi connectivity index (χ0) is 13.5. The number of aromatic nitrogens is 2. The van der Waals surface area contributed by atoms with Gasteiger partial charge >= 0.3 is 0 Å². The van der Waals surface area contributed by atoms with Gasteiger partial charge in [0.05, 0.1) is 6.54 Å². The van der Waals surface area contributed by atoms with E-state index in [1.165, 1.54) is 11.3 Å². The molecule has 0 aliphatic rings. The molecule has 102 valence electrons. The highest BCUT2D eigenvalue weighted by atomic mass is 15.1. The minimum absolute atomic E-state index is 0.790. The maximum atomic E-state index is 4.19. The fraction of sp³-hybridized carbons (Fsp3) is 0.400. The minimum atomic E-state index is 0.790. The molecule has 0 radical (unpaired) electrons. The minimum Gasteiger partial charge on any atom is -0.371 e. The van der Waals surface area contributed by atoms with Crippen LogP contribution in [-0.4, -0.2) is 29.6 Å². The summed E-state index contributed by atoms with van der Waals surface area (Å²) in [5.74, 6) is 0.985. The highest BCUT2D eigenvalue weighted by molar-refractivity contribution is 5.48. The summed E-state index contributed by atoms with van der Waals surface area (Å²) < 4.78 is 0. The Morgan fingerprint density at radius 3 is 2.95 bits per heavy atom. The van der Waals surface area contributed by atoms with Gasteiger partial charge in [0, 0.05) is 37.7 Å². The molecule has 0 spiro atoms. The maximum absolute atomic E-state index is 4.19. The van der Waals surface area contributed by atoms with E-state index < -0.39 is 0 Å². The number of nitrogens with one attached hydrogen (secondary N) is 2. The van der Waals surface area contributed by atoms with Gasteiger partial charge in [0.25, 0.3) is 0 Å². The second-order valence-electron chi connectivity index (χ2n) is 4.63. The Balaban J connectivity index is 1.79. The zero-order valence-corrected chi connectivity index (χ0v) is 11.7. The number of hydrogen-bond donors (Lipinski definition) is 2. The van der Waals surface area contributed by atoms with Crippen molar-refractivity contribution in [3.05, 3.63) is 48.0 Å². The SMILES string of the molecule is CCN(CCNCc1ncc[nH]1)c1cccc(C)c1. The van der Waals surface area contributed by atoms with Gasteiger partial charge in [-0.15, -0.1) is 0 Å². The molecule has 2 rings (SSSR count). The van der Waals surface area contributed by atoms with E-state index in [0.717, 1.165) is 32.0 Å². The Labute approximate surface area is 114 Å². The highest BCUT2D eigenvalue weighted by Crippen LogP contribution is 2.14. The fourth-order valence-electron chi connectivity index (χ4n) is 2.11. The van der Waals surface area contributed by atoms with Crippen molar-refractivity contribution in [1.29, 1.82) is 0 Å². The topological polar surface area (TPSA) is 44.0 Å². The van der Waals surface area contributed by atoms with E-state index in [4.69, 9.17) is 0 Å². The van der Waals surface area contributed by atoms with E-state index in [-0.39, 0.29) is 0 Å². The first-order valence-corrected chi connectivity index (χ1v) is 6.80. The molecule has 0 aliphatic carbocycles. The number of rotatable bonds is 7. The fourth-order valence-corrected chi connectivity index (χ4v) is 2.11. The Morgan fingerprint density at radius 1 is 1.37 bits per heavy atom. The third-order valence-electron chi connectivity index (χ3n) is 3.15. The molecule has 0 atom stereocenters. The molecule has 2 N–H and O–H groups in total. The molecular weight excluding hydrogens is 236 g/mol. The van der Waals surface area contributed by atoms with Gasteiger partial charge < -0.3 is 15.2 Å². The third kappa shape index (κ3) is 4.10. The smallest absolute Gasteiger partial charge is 0.120 e. The van der Waals surface area contributed by atoms with Crippen LogP contribution in [0.2, 0.25) is 0 Å².